The fourth-order valence-corrected chi connectivity index (χ4v) is 1.90. The summed E-state index contributed by atoms with van der Waals surface area (Å²) < 4.78 is 5.11. The third kappa shape index (κ3) is 2.40. The van der Waals surface area contributed by atoms with E-state index in [1.807, 2.05) is 6.07 Å². The molecule has 94 valence electrons. The van der Waals surface area contributed by atoms with Crippen LogP contribution in [0.5, 0.6) is 0 Å². The molecule has 0 aliphatic carbocycles. The zero-order chi connectivity index (χ0) is 13.1. The molecule has 1 atom stereocenters. The van der Waals surface area contributed by atoms with Crippen LogP contribution >= 0.6 is 0 Å². The molecular weight excluding hydrogens is 234 g/mol. The Morgan fingerprint density at radius 2 is 1.72 bits per heavy atom. The summed E-state index contributed by atoms with van der Waals surface area (Å²) in [6.45, 7) is 1.25. The number of likely N-dealkylation sites (tertiary alicyclic amines) is 1. The highest BCUT2D eigenvalue weighted by atomic mass is 16.6. The molecule has 18 heavy (non-hydrogen) atoms. The predicted octanol–water partition coefficient (Wildman–Crippen LogP) is 1.40. The maximum atomic E-state index is 11.7. The van der Waals surface area contributed by atoms with Crippen LogP contribution in [-0.4, -0.2) is 22.7 Å². The van der Waals surface area contributed by atoms with E-state index in [1.165, 1.54) is 6.92 Å². The molecule has 1 aliphatic rings. The standard InChI is InChI=1S/C13H13NO4/c1-9(15)18-13(10-5-3-2-4-6-10)14-11(16)7-8-12(14)17/h2-6,13H,7-8H2,1H3. The van der Waals surface area contributed by atoms with Crippen LogP contribution < -0.4 is 0 Å². The van der Waals surface area contributed by atoms with Gasteiger partial charge in [0.05, 0.1) is 0 Å². The van der Waals surface area contributed by atoms with E-state index in [2.05, 4.69) is 0 Å². The van der Waals surface area contributed by atoms with E-state index >= 15 is 0 Å². The van der Waals surface area contributed by atoms with Gasteiger partial charge in [0.15, 0.2) is 0 Å². The minimum Gasteiger partial charge on any atom is -0.437 e. The van der Waals surface area contributed by atoms with Crippen molar-refractivity contribution in [1.29, 1.82) is 0 Å². The molecule has 1 saturated heterocycles. The molecule has 1 aromatic carbocycles. The second-order valence-electron chi connectivity index (χ2n) is 4.03. The second kappa shape index (κ2) is 5.00. The Bertz CT molecular complexity index is 467. The highest BCUT2D eigenvalue weighted by molar-refractivity contribution is 6.02. The number of hydrogen-bond acceptors (Lipinski definition) is 4. The van der Waals surface area contributed by atoms with Gasteiger partial charge in [0.25, 0.3) is 0 Å². The van der Waals surface area contributed by atoms with E-state index in [-0.39, 0.29) is 24.7 Å². The van der Waals surface area contributed by atoms with Crippen molar-refractivity contribution in [3.05, 3.63) is 35.9 Å². The van der Waals surface area contributed by atoms with Gasteiger partial charge in [0.2, 0.25) is 18.0 Å². The van der Waals surface area contributed by atoms with E-state index in [9.17, 15) is 14.4 Å². The molecule has 5 nitrogen and oxygen atoms in total. The lowest BCUT2D eigenvalue weighted by molar-refractivity contribution is -0.166. The Balaban J connectivity index is 2.34. The van der Waals surface area contributed by atoms with Crippen LogP contribution in [0, 0.1) is 0 Å². The zero-order valence-corrected chi connectivity index (χ0v) is 9.96. The molecule has 1 heterocycles. The molecule has 1 fully saturated rings. The summed E-state index contributed by atoms with van der Waals surface area (Å²) in [6.07, 6.45) is -0.612. The molecule has 0 spiro atoms. The summed E-state index contributed by atoms with van der Waals surface area (Å²) in [4.78, 5) is 35.5. The SMILES string of the molecule is CC(=O)OC(c1ccccc1)N1C(=O)CCC1=O. The van der Waals surface area contributed by atoms with Crippen LogP contribution in [-0.2, 0) is 19.1 Å². The molecule has 1 aliphatic heterocycles. The minimum absolute atomic E-state index is 0.170. The molecule has 0 bridgehead atoms. The summed E-state index contributed by atoms with van der Waals surface area (Å²) in [5.41, 5.74) is 0.608. The summed E-state index contributed by atoms with van der Waals surface area (Å²) >= 11 is 0. The van der Waals surface area contributed by atoms with Gasteiger partial charge in [-0.25, -0.2) is 4.90 Å². The maximum Gasteiger partial charge on any atom is 0.304 e. The first kappa shape index (κ1) is 12.3. The topological polar surface area (TPSA) is 63.7 Å². The molecule has 0 aromatic heterocycles. The van der Waals surface area contributed by atoms with Gasteiger partial charge in [-0.3, -0.25) is 14.4 Å². The largest absolute Gasteiger partial charge is 0.437 e. The van der Waals surface area contributed by atoms with Crippen LogP contribution in [0.1, 0.15) is 31.6 Å². The average Bonchev–Trinajstić information content (AvgIpc) is 2.67. The van der Waals surface area contributed by atoms with Gasteiger partial charge in [-0.15, -0.1) is 0 Å². The van der Waals surface area contributed by atoms with Crippen LogP contribution in [0.2, 0.25) is 0 Å². The molecule has 0 saturated carbocycles. The number of imide groups is 1. The lowest BCUT2D eigenvalue weighted by Crippen LogP contribution is -2.35. The quantitative estimate of drug-likeness (QED) is 0.598. The summed E-state index contributed by atoms with van der Waals surface area (Å²) in [5, 5.41) is 0. The van der Waals surface area contributed by atoms with Gasteiger partial charge in [-0.05, 0) is 0 Å². The van der Waals surface area contributed by atoms with Crippen molar-refractivity contribution in [3.8, 4) is 0 Å². The lowest BCUT2D eigenvalue weighted by Gasteiger charge is -2.25. The van der Waals surface area contributed by atoms with Crippen LogP contribution in [0.25, 0.3) is 0 Å². The fourth-order valence-electron chi connectivity index (χ4n) is 1.90. The molecule has 1 unspecified atom stereocenters. The number of carbonyl (C=O) groups excluding carboxylic acids is 3. The van der Waals surface area contributed by atoms with Gasteiger partial charge < -0.3 is 4.74 Å². The summed E-state index contributed by atoms with van der Waals surface area (Å²) in [7, 11) is 0. The first-order valence-corrected chi connectivity index (χ1v) is 5.66. The number of ether oxygens (including phenoxy) is 1. The van der Waals surface area contributed by atoms with Crippen molar-refractivity contribution in [2.75, 3.05) is 0 Å². The van der Waals surface area contributed by atoms with Crippen LogP contribution in [0.15, 0.2) is 30.3 Å². The summed E-state index contributed by atoms with van der Waals surface area (Å²) in [6, 6.07) is 8.76. The molecule has 5 heteroatoms. The molecule has 0 radical (unpaired) electrons. The Morgan fingerprint density at radius 1 is 1.17 bits per heavy atom. The van der Waals surface area contributed by atoms with Crippen molar-refractivity contribution < 1.29 is 19.1 Å². The fraction of sp³-hybridized carbons (Fsp3) is 0.308. The molecule has 0 N–H and O–H groups in total. The van der Waals surface area contributed by atoms with E-state index < -0.39 is 12.2 Å². The van der Waals surface area contributed by atoms with Crippen molar-refractivity contribution in [2.24, 2.45) is 0 Å². The monoisotopic (exact) mass is 247 g/mol. The number of benzene rings is 1. The number of amides is 2. The maximum absolute atomic E-state index is 11.7. The van der Waals surface area contributed by atoms with E-state index in [4.69, 9.17) is 4.74 Å². The normalized spacial score (nSPS) is 16.8. The Labute approximate surface area is 104 Å². The van der Waals surface area contributed by atoms with Crippen molar-refractivity contribution >= 4 is 17.8 Å². The van der Waals surface area contributed by atoms with Crippen molar-refractivity contribution in [3.63, 3.8) is 0 Å². The highest BCUT2D eigenvalue weighted by Gasteiger charge is 2.37. The van der Waals surface area contributed by atoms with E-state index in [0.717, 1.165) is 4.90 Å². The number of carbonyl (C=O) groups is 3. The molecule has 2 rings (SSSR count). The number of hydrogen-bond donors (Lipinski definition) is 0. The second-order valence-corrected chi connectivity index (χ2v) is 4.03. The summed E-state index contributed by atoms with van der Waals surface area (Å²) in [5.74, 6) is -1.15. The predicted molar refractivity (Wildman–Crippen MR) is 62.0 cm³/mol. The highest BCUT2D eigenvalue weighted by Crippen LogP contribution is 2.27. The Kier molecular flexibility index (Phi) is 3.41. The first-order chi connectivity index (χ1) is 8.59. The average molecular weight is 247 g/mol. The zero-order valence-electron chi connectivity index (χ0n) is 9.96. The van der Waals surface area contributed by atoms with Gasteiger partial charge in [0, 0.05) is 25.3 Å². The number of rotatable bonds is 3. The third-order valence-electron chi connectivity index (χ3n) is 2.69. The Morgan fingerprint density at radius 3 is 2.22 bits per heavy atom. The molecule has 2 amide bonds. The van der Waals surface area contributed by atoms with Gasteiger partial charge in [-0.1, -0.05) is 30.3 Å². The van der Waals surface area contributed by atoms with Gasteiger partial charge >= 0.3 is 5.97 Å². The van der Waals surface area contributed by atoms with Crippen LogP contribution in [0.3, 0.4) is 0 Å². The van der Waals surface area contributed by atoms with E-state index in [0.29, 0.717) is 5.56 Å². The smallest absolute Gasteiger partial charge is 0.304 e. The third-order valence-corrected chi connectivity index (χ3v) is 2.69. The van der Waals surface area contributed by atoms with Crippen LogP contribution in [0.4, 0.5) is 0 Å². The first-order valence-electron chi connectivity index (χ1n) is 5.66. The van der Waals surface area contributed by atoms with E-state index in [1.54, 1.807) is 24.3 Å². The number of nitrogens with zero attached hydrogens (tertiary/aromatic N) is 1. The van der Waals surface area contributed by atoms with Gasteiger partial charge in [0.1, 0.15) is 0 Å². The lowest BCUT2D eigenvalue weighted by atomic mass is 10.2. The van der Waals surface area contributed by atoms with Gasteiger partial charge in [-0.2, -0.15) is 0 Å². The molecule has 1 aromatic rings. The number of esters is 1. The Hall–Kier alpha value is -2.17. The van der Waals surface area contributed by atoms with Crippen molar-refractivity contribution in [2.45, 2.75) is 26.0 Å². The molecular formula is C13H13NO4. The minimum atomic E-state index is -0.953. The van der Waals surface area contributed by atoms with Crippen molar-refractivity contribution in [1.82, 2.24) is 4.90 Å².